The lowest BCUT2D eigenvalue weighted by atomic mass is 10.1. The van der Waals surface area contributed by atoms with Gasteiger partial charge in [0, 0.05) is 16.1 Å². The molecule has 2 heterocycles. The number of amides is 2. The van der Waals surface area contributed by atoms with Crippen LogP contribution < -0.4 is 14.6 Å². The zero-order chi connectivity index (χ0) is 16.8. The fourth-order valence-corrected chi connectivity index (χ4v) is 3.10. The molecule has 0 bridgehead atoms. The van der Waals surface area contributed by atoms with Crippen molar-refractivity contribution in [2.24, 2.45) is 0 Å². The summed E-state index contributed by atoms with van der Waals surface area (Å²) < 4.78 is 7.33. The molecule has 0 saturated heterocycles. The van der Waals surface area contributed by atoms with E-state index in [1.807, 2.05) is 18.2 Å². The van der Waals surface area contributed by atoms with Gasteiger partial charge < -0.3 is 4.74 Å². The van der Waals surface area contributed by atoms with Gasteiger partial charge in [-0.25, -0.2) is 9.78 Å². The lowest BCUT2D eigenvalue weighted by Crippen LogP contribution is -2.45. The van der Waals surface area contributed by atoms with Gasteiger partial charge in [0.15, 0.2) is 5.52 Å². The first-order valence-electron chi connectivity index (χ1n) is 7.14. The first-order chi connectivity index (χ1) is 11.6. The Morgan fingerprint density at radius 1 is 1.12 bits per heavy atom. The summed E-state index contributed by atoms with van der Waals surface area (Å²) in [6, 6.07) is 12.1. The van der Waals surface area contributed by atoms with Crippen molar-refractivity contribution in [3.63, 3.8) is 0 Å². The summed E-state index contributed by atoms with van der Waals surface area (Å²) in [6.45, 7) is 0. The number of fused-ring (bicyclic) bond motifs is 3. The summed E-state index contributed by atoms with van der Waals surface area (Å²) in [6.07, 6.45) is 0. The average molecular weight is 385 g/mol. The van der Waals surface area contributed by atoms with E-state index in [1.54, 1.807) is 31.4 Å². The van der Waals surface area contributed by atoms with E-state index in [0.717, 1.165) is 10.0 Å². The van der Waals surface area contributed by atoms with Crippen molar-refractivity contribution in [3.8, 4) is 17.0 Å². The van der Waals surface area contributed by atoms with Crippen LogP contribution in [0.5, 0.6) is 5.75 Å². The number of carbonyl (C=O) groups excluding carboxylic acids is 2. The predicted octanol–water partition coefficient (Wildman–Crippen LogP) is 2.67. The molecule has 0 spiro atoms. The Kier molecular flexibility index (Phi) is 3.31. The van der Waals surface area contributed by atoms with Crippen LogP contribution in [0.15, 0.2) is 46.9 Å². The number of carbonyl (C=O) groups is 2. The third-order valence-electron chi connectivity index (χ3n) is 3.86. The predicted molar refractivity (Wildman–Crippen MR) is 89.9 cm³/mol. The standard InChI is InChI=1S/C17H10BrN3O3/c1-24-11-5-2-9(3-6-11)14-15-16(22)20-17(23)21(15)13-8-10(18)4-7-12(13)19-14/h2-8H,1H3/p+1. The highest BCUT2D eigenvalue weighted by atomic mass is 79.9. The van der Waals surface area contributed by atoms with E-state index in [1.165, 1.54) is 4.57 Å². The molecule has 3 aromatic rings. The third-order valence-corrected chi connectivity index (χ3v) is 4.35. The maximum Gasteiger partial charge on any atom is 0.504 e. The molecule has 4 rings (SSSR count). The van der Waals surface area contributed by atoms with Crippen molar-refractivity contribution in [1.82, 2.24) is 10.3 Å². The highest BCUT2D eigenvalue weighted by molar-refractivity contribution is 9.10. The molecule has 6 nitrogen and oxygen atoms in total. The molecule has 2 amide bonds. The highest BCUT2D eigenvalue weighted by Crippen LogP contribution is 2.27. The van der Waals surface area contributed by atoms with Crippen molar-refractivity contribution >= 4 is 38.9 Å². The van der Waals surface area contributed by atoms with Crippen molar-refractivity contribution in [1.29, 1.82) is 0 Å². The number of ether oxygens (including phenoxy) is 1. The van der Waals surface area contributed by atoms with E-state index in [2.05, 4.69) is 26.2 Å². The number of nitrogens with one attached hydrogen (secondary N) is 1. The third kappa shape index (κ3) is 2.16. The van der Waals surface area contributed by atoms with Gasteiger partial charge >= 0.3 is 11.9 Å². The SMILES string of the molecule is COc1ccc(-c2nc3ccc(Br)cc3[n+]3c2C(=O)NC3=O)cc1. The molecule has 118 valence electrons. The van der Waals surface area contributed by atoms with Gasteiger partial charge in [-0.2, -0.15) is 10.1 Å². The Labute approximate surface area is 145 Å². The van der Waals surface area contributed by atoms with Crippen LogP contribution in [0, 0.1) is 0 Å². The summed E-state index contributed by atoms with van der Waals surface area (Å²) >= 11 is 3.38. The van der Waals surface area contributed by atoms with Gasteiger partial charge in [0.1, 0.15) is 17.0 Å². The molecule has 1 N–H and O–H groups in total. The molecule has 0 atom stereocenters. The number of imide groups is 1. The molecule has 1 aromatic heterocycles. The first kappa shape index (κ1) is 14.8. The van der Waals surface area contributed by atoms with Crippen LogP contribution in [0.3, 0.4) is 0 Å². The first-order valence-corrected chi connectivity index (χ1v) is 7.93. The lowest BCUT2D eigenvalue weighted by Gasteiger charge is -2.07. The van der Waals surface area contributed by atoms with Gasteiger partial charge in [0.05, 0.1) is 7.11 Å². The topological polar surface area (TPSA) is 72.2 Å². The number of halogens is 1. The minimum absolute atomic E-state index is 0.232. The molecule has 1 aliphatic heterocycles. The van der Waals surface area contributed by atoms with Gasteiger partial charge in [-0.15, -0.1) is 4.57 Å². The minimum atomic E-state index is -0.477. The summed E-state index contributed by atoms with van der Waals surface area (Å²) in [5, 5.41) is 2.33. The summed E-state index contributed by atoms with van der Waals surface area (Å²) in [7, 11) is 1.58. The van der Waals surface area contributed by atoms with Crippen LogP contribution in [0.1, 0.15) is 10.5 Å². The van der Waals surface area contributed by atoms with E-state index in [9.17, 15) is 9.59 Å². The Hall–Kier alpha value is -2.80. The fourth-order valence-electron chi connectivity index (χ4n) is 2.75. The Bertz CT molecular complexity index is 1020. The van der Waals surface area contributed by atoms with Crippen LogP contribution in [-0.2, 0) is 0 Å². The lowest BCUT2D eigenvalue weighted by molar-refractivity contribution is -0.538. The van der Waals surface area contributed by atoms with Crippen LogP contribution in [-0.4, -0.2) is 24.0 Å². The second-order valence-electron chi connectivity index (χ2n) is 5.27. The fraction of sp³-hybridized carbons (Fsp3) is 0.0588. The molecule has 1 aliphatic rings. The van der Waals surface area contributed by atoms with Crippen LogP contribution in [0.25, 0.3) is 22.3 Å². The van der Waals surface area contributed by atoms with Gasteiger partial charge in [-0.3, -0.25) is 0 Å². The zero-order valence-corrected chi connectivity index (χ0v) is 14.1. The summed E-state index contributed by atoms with van der Waals surface area (Å²) in [5.41, 5.74) is 2.61. The van der Waals surface area contributed by atoms with Crippen LogP contribution >= 0.6 is 15.9 Å². The molecule has 24 heavy (non-hydrogen) atoms. The number of methoxy groups -OCH3 is 1. The van der Waals surface area contributed by atoms with Gasteiger partial charge in [-0.1, -0.05) is 15.9 Å². The van der Waals surface area contributed by atoms with E-state index in [4.69, 9.17) is 4.74 Å². The molecule has 0 aliphatic carbocycles. The molecule has 7 heteroatoms. The summed E-state index contributed by atoms with van der Waals surface area (Å²) in [5.74, 6) is 0.244. The van der Waals surface area contributed by atoms with Gasteiger partial charge in [-0.05, 0) is 36.4 Å². The smallest absolute Gasteiger partial charge is 0.497 e. The zero-order valence-electron chi connectivity index (χ0n) is 12.5. The maximum absolute atomic E-state index is 12.3. The highest BCUT2D eigenvalue weighted by Gasteiger charge is 2.41. The number of benzene rings is 2. The Balaban J connectivity index is 2.06. The Morgan fingerprint density at radius 3 is 2.58 bits per heavy atom. The quantitative estimate of drug-likeness (QED) is 0.689. The monoisotopic (exact) mass is 384 g/mol. The maximum atomic E-state index is 12.3. The van der Waals surface area contributed by atoms with Crippen molar-refractivity contribution in [3.05, 3.63) is 52.6 Å². The average Bonchev–Trinajstić information content (AvgIpc) is 2.89. The minimum Gasteiger partial charge on any atom is -0.497 e. The normalized spacial score (nSPS) is 13.1. The molecule has 2 aromatic carbocycles. The van der Waals surface area contributed by atoms with Gasteiger partial charge in [0.25, 0.3) is 5.69 Å². The van der Waals surface area contributed by atoms with Gasteiger partial charge in [0.2, 0.25) is 0 Å². The van der Waals surface area contributed by atoms with E-state index in [0.29, 0.717) is 22.5 Å². The molecule has 0 fully saturated rings. The van der Waals surface area contributed by atoms with E-state index >= 15 is 0 Å². The second kappa shape index (κ2) is 5.38. The van der Waals surface area contributed by atoms with Crippen LogP contribution in [0.4, 0.5) is 4.79 Å². The molecular formula is C17H11BrN3O3+. The largest absolute Gasteiger partial charge is 0.504 e. The summed E-state index contributed by atoms with van der Waals surface area (Å²) in [4.78, 5) is 29.1. The van der Waals surface area contributed by atoms with Crippen molar-refractivity contribution in [2.45, 2.75) is 0 Å². The number of rotatable bonds is 2. The number of aromatic nitrogens is 2. The number of hydrogen-bond acceptors (Lipinski definition) is 4. The van der Waals surface area contributed by atoms with Crippen molar-refractivity contribution in [2.75, 3.05) is 7.11 Å². The Morgan fingerprint density at radius 2 is 1.88 bits per heavy atom. The molecular weight excluding hydrogens is 374 g/mol. The van der Waals surface area contributed by atoms with Crippen LogP contribution in [0.2, 0.25) is 0 Å². The van der Waals surface area contributed by atoms with E-state index < -0.39 is 11.9 Å². The molecule has 0 saturated carbocycles. The molecule has 0 radical (unpaired) electrons. The van der Waals surface area contributed by atoms with E-state index in [-0.39, 0.29) is 5.69 Å². The number of hydrogen-bond donors (Lipinski definition) is 1. The number of nitrogens with zero attached hydrogens (tertiary/aromatic N) is 2. The van der Waals surface area contributed by atoms with Crippen molar-refractivity contribution < 1.29 is 18.9 Å². The second-order valence-corrected chi connectivity index (χ2v) is 6.18. The molecule has 0 unspecified atom stereocenters.